The topological polar surface area (TPSA) is 86.7 Å². The molecule has 0 saturated carbocycles. The average molecular weight is 547 g/mol. The van der Waals surface area contributed by atoms with Crippen molar-refractivity contribution in [2.75, 3.05) is 12.4 Å². The number of unbranched alkanes of at least 4 members (excludes halogenated alkanes) is 18. The van der Waals surface area contributed by atoms with Gasteiger partial charge in [-0.1, -0.05) is 129 Å². The van der Waals surface area contributed by atoms with Gasteiger partial charge in [0.05, 0.1) is 12.4 Å². The normalized spacial score (nSPS) is 11.7. The third-order valence-corrected chi connectivity index (χ3v) is 8.40. The van der Waals surface area contributed by atoms with Crippen LogP contribution in [-0.4, -0.2) is 88.3 Å². The summed E-state index contributed by atoms with van der Waals surface area (Å²) in [5.74, 6) is -0.287. The molecule has 0 aromatic rings. The van der Waals surface area contributed by atoms with Crippen molar-refractivity contribution in [2.24, 2.45) is 0 Å². The molecule has 198 valence electrons. The molecular formula is C24H52Na2O6S2. The first-order chi connectivity index (χ1) is 15.3. The zero-order valence-corrected chi connectivity index (χ0v) is 22.5. The van der Waals surface area contributed by atoms with Gasteiger partial charge in [-0.15, -0.1) is 3.63 Å². The van der Waals surface area contributed by atoms with Crippen molar-refractivity contribution in [3.63, 3.8) is 0 Å². The van der Waals surface area contributed by atoms with Crippen LogP contribution in [-0.2, 0) is 28.3 Å². The molecule has 0 atom stereocenters. The van der Waals surface area contributed by atoms with Crippen molar-refractivity contribution >= 4 is 79.6 Å². The van der Waals surface area contributed by atoms with Crippen LogP contribution < -0.4 is 0 Å². The van der Waals surface area contributed by atoms with Gasteiger partial charge in [0, 0.05) is 0 Å². The fraction of sp³-hybridized carbons (Fsp3) is 1.00. The van der Waals surface area contributed by atoms with E-state index in [1.54, 1.807) is 0 Å². The zero-order chi connectivity index (χ0) is 24.0. The second-order valence-corrected chi connectivity index (χ2v) is 12.0. The van der Waals surface area contributed by atoms with Crippen LogP contribution in [0.4, 0.5) is 0 Å². The van der Waals surface area contributed by atoms with Crippen molar-refractivity contribution in [3.05, 3.63) is 0 Å². The second kappa shape index (κ2) is 27.8. The van der Waals surface area contributed by atoms with Gasteiger partial charge in [-0.2, -0.15) is 16.8 Å². The summed E-state index contributed by atoms with van der Waals surface area (Å²) in [6, 6.07) is 0. The molecule has 0 spiro atoms. The molecule has 0 amide bonds. The summed E-state index contributed by atoms with van der Waals surface area (Å²) in [5.41, 5.74) is 0. The minimum absolute atomic E-state index is 0. The predicted molar refractivity (Wildman–Crippen MR) is 148 cm³/mol. The molecule has 0 bridgehead atoms. The SMILES string of the molecule is CCCCCCCCCCCCOS(=O)(=O)OS(=O)(=O)CCCCCCCCCCCC.[NaH].[NaH]. The third-order valence-electron chi connectivity index (χ3n) is 5.66. The van der Waals surface area contributed by atoms with Gasteiger partial charge in [0.2, 0.25) is 0 Å². The molecule has 34 heavy (non-hydrogen) atoms. The van der Waals surface area contributed by atoms with Gasteiger partial charge in [-0.3, -0.25) is 0 Å². The van der Waals surface area contributed by atoms with E-state index in [0.717, 1.165) is 38.5 Å². The van der Waals surface area contributed by atoms with Gasteiger partial charge in [0.15, 0.2) is 0 Å². The quantitative estimate of drug-likeness (QED) is 0.101. The van der Waals surface area contributed by atoms with Crippen LogP contribution in [0, 0.1) is 0 Å². The Kier molecular flexibility index (Phi) is 33.0. The monoisotopic (exact) mass is 546 g/mol. The molecule has 0 fully saturated rings. The van der Waals surface area contributed by atoms with Gasteiger partial charge in [-0.05, 0) is 12.8 Å². The number of rotatable bonds is 25. The van der Waals surface area contributed by atoms with E-state index < -0.39 is 20.5 Å². The molecule has 0 aliphatic rings. The molecule has 10 heteroatoms. The first-order valence-electron chi connectivity index (χ1n) is 13.2. The zero-order valence-electron chi connectivity index (χ0n) is 20.8. The van der Waals surface area contributed by atoms with Crippen LogP contribution in [0.2, 0.25) is 0 Å². The molecule has 0 aromatic carbocycles. The van der Waals surface area contributed by atoms with E-state index in [1.165, 1.54) is 77.0 Å². The van der Waals surface area contributed by atoms with Crippen LogP contribution in [0.15, 0.2) is 0 Å². The van der Waals surface area contributed by atoms with Crippen molar-refractivity contribution in [2.45, 2.75) is 142 Å². The Labute approximate surface area is 256 Å². The summed E-state index contributed by atoms with van der Waals surface area (Å²) in [4.78, 5) is 0. The maximum atomic E-state index is 11.9. The van der Waals surface area contributed by atoms with Gasteiger partial charge >= 0.3 is 69.5 Å². The second-order valence-electron chi connectivity index (χ2n) is 8.92. The van der Waals surface area contributed by atoms with Crippen molar-refractivity contribution < 1.29 is 24.6 Å². The number of hydrogen-bond acceptors (Lipinski definition) is 6. The molecule has 0 aliphatic carbocycles. The molecule has 0 N–H and O–H groups in total. The van der Waals surface area contributed by atoms with E-state index in [9.17, 15) is 16.8 Å². The Morgan fingerprint density at radius 2 is 0.794 bits per heavy atom. The van der Waals surface area contributed by atoms with E-state index in [4.69, 9.17) is 4.18 Å². The Hall–Kier alpha value is 1.82. The minimum atomic E-state index is -4.50. The van der Waals surface area contributed by atoms with Crippen molar-refractivity contribution in [1.82, 2.24) is 0 Å². The van der Waals surface area contributed by atoms with E-state index in [2.05, 4.69) is 17.5 Å². The van der Waals surface area contributed by atoms with Crippen molar-refractivity contribution in [3.8, 4) is 0 Å². The molecular weight excluding hydrogens is 494 g/mol. The van der Waals surface area contributed by atoms with E-state index in [0.29, 0.717) is 12.8 Å². The summed E-state index contributed by atoms with van der Waals surface area (Å²) in [5, 5.41) is 0. The first-order valence-corrected chi connectivity index (χ1v) is 16.1. The van der Waals surface area contributed by atoms with Gasteiger partial charge in [-0.25, -0.2) is 4.18 Å². The Morgan fingerprint density at radius 3 is 1.18 bits per heavy atom. The molecule has 0 unspecified atom stereocenters. The fourth-order valence-electron chi connectivity index (χ4n) is 3.70. The fourth-order valence-corrected chi connectivity index (χ4v) is 6.02. The summed E-state index contributed by atoms with van der Waals surface area (Å²) < 4.78 is 56.4. The van der Waals surface area contributed by atoms with Crippen molar-refractivity contribution in [1.29, 1.82) is 0 Å². The summed E-state index contributed by atoms with van der Waals surface area (Å²) in [6.07, 6.45) is 22.0. The van der Waals surface area contributed by atoms with Crippen LogP contribution in [0.3, 0.4) is 0 Å². The van der Waals surface area contributed by atoms with Gasteiger partial charge in [0.25, 0.3) is 10.1 Å². The third kappa shape index (κ3) is 30.0. The Balaban J connectivity index is -0.00000480. The summed E-state index contributed by atoms with van der Waals surface area (Å²) in [7, 11) is -8.62. The van der Waals surface area contributed by atoms with Crippen LogP contribution in [0.25, 0.3) is 0 Å². The Bertz CT molecular complexity index is 613. The first kappa shape index (κ1) is 40.3. The average Bonchev–Trinajstić information content (AvgIpc) is 2.72. The Morgan fingerprint density at radius 1 is 0.471 bits per heavy atom. The molecule has 0 aromatic heterocycles. The van der Waals surface area contributed by atoms with E-state index in [1.807, 2.05) is 0 Å². The molecule has 0 rings (SSSR count). The van der Waals surface area contributed by atoms with E-state index in [-0.39, 0.29) is 71.5 Å². The predicted octanol–water partition coefficient (Wildman–Crippen LogP) is 6.14. The van der Waals surface area contributed by atoms with Gasteiger partial charge < -0.3 is 0 Å². The number of hydrogen-bond donors (Lipinski definition) is 0. The summed E-state index contributed by atoms with van der Waals surface area (Å²) >= 11 is 0. The molecule has 6 nitrogen and oxygen atoms in total. The van der Waals surface area contributed by atoms with E-state index >= 15 is 0 Å². The molecule has 0 radical (unpaired) electrons. The van der Waals surface area contributed by atoms with Gasteiger partial charge in [0.1, 0.15) is 0 Å². The maximum absolute atomic E-state index is 11.9. The molecule has 0 saturated heterocycles. The van der Waals surface area contributed by atoms with Crippen LogP contribution >= 0.6 is 0 Å². The molecule has 0 aliphatic heterocycles. The standard InChI is InChI=1S/C24H50O6S2.2Na.2H/c1-3-5-7-9-11-13-15-17-19-21-23-29-32(27,28)30-31(25,26)24-22-20-18-16-14-12-10-8-6-4-2;;;;/h3-24H2,1-2H3;;;;. The molecule has 0 heterocycles. The van der Waals surface area contributed by atoms with Crippen LogP contribution in [0.5, 0.6) is 0 Å². The van der Waals surface area contributed by atoms with Crippen LogP contribution in [0.1, 0.15) is 142 Å². The summed E-state index contributed by atoms with van der Waals surface area (Å²) in [6.45, 7) is 4.38.